The van der Waals surface area contributed by atoms with E-state index in [4.69, 9.17) is 14.2 Å². The average molecular weight is 281 g/mol. The molecule has 0 aliphatic rings. The van der Waals surface area contributed by atoms with Gasteiger partial charge in [0.2, 0.25) is 5.75 Å². The Bertz CT molecular complexity index is 380. The Labute approximate surface area is 122 Å². The quantitative estimate of drug-likeness (QED) is 0.751. The van der Waals surface area contributed by atoms with Crippen LogP contribution in [0, 0.1) is 0 Å². The highest BCUT2D eigenvalue weighted by Crippen LogP contribution is 2.40. The minimum absolute atomic E-state index is 0.245. The van der Waals surface area contributed by atoms with Gasteiger partial charge >= 0.3 is 0 Å². The average Bonchev–Trinajstić information content (AvgIpc) is 2.43. The lowest BCUT2D eigenvalue weighted by Crippen LogP contribution is -2.18. The fraction of sp³-hybridized carbons (Fsp3) is 0.625. The van der Waals surface area contributed by atoms with Gasteiger partial charge in [0.25, 0.3) is 0 Å². The lowest BCUT2D eigenvalue weighted by molar-refractivity contribution is 0.260. The number of hydrogen-bond donors (Lipinski definition) is 1. The molecule has 0 saturated carbocycles. The first-order valence-corrected chi connectivity index (χ1v) is 7.47. The van der Waals surface area contributed by atoms with Gasteiger partial charge in [-0.3, -0.25) is 0 Å². The predicted octanol–water partition coefficient (Wildman–Crippen LogP) is 3.55. The van der Waals surface area contributed by atoms with E-state index in [2.05, 4.69) is 19.2 Å². The van der Waals surface area contributed by atoms with Gasteiger partial charge in [-0.25, -0.2) is 0 Å². The van der Waals surface area contributed by atoms with E-state index in [0.29, 0.717) is 25.6 Å². The summed E-state index contributed by atoms with van der Waals surface area (Å²) in [5.74, 6) is 2.20. The molecule has 0 spiro atoms. The molecular formula is C16H27NO3. The number of benzene rings is 1. The molecule has 0 aromatic heterocycles. The first-order chi connectivity index (χ1) is 9.67. The molecule has 0 fully saturated rings. The lowest BCUT2D eigenvalue weighted by atomic mass is 10.1. The van der Waals surface area contributed by atoms with Crippen molar-refractivity contribution in [3.63, 3.8) is 0 Å². The van der Waals surface area contributed by atoms with Crippen LogP contribution in [0.15, 0.2) is 12.1 Å². The van der Waals surface area contributed by atoms with Gasteiger partial charge in [-0.05, 0) is 51.9 Å². The summed E-state index contributed by atoms with van der Waals surface area (Å²) in [7, 11) is 0. The number of hydrogen-bond acceptors (Lipinski definition) is 4. The Morgan fingerprint density at radius 3 is 1.80 bits per heavy atom. The first-order valence-electron chi connectivity index (χ1n) is 7.47. The van der Waals surface area contributed by atoms with Crippen molar-refractivity contribution in [2.75, 3.05) is 26.4 Å². The van der Waals surface area contributed by atoms with Gasteiger partial charge in [-0.2, -0.15) is 0 Å². The van der Waals surface area contributed by atoms with Crippen LogP contribution in [0.5, 0.6) is 17.2 Å². The smallest absolute Gasteiger partial charge is 0.203 e. The Kier molecular flexibility index (Phi) is 7.23. The van der Waals surface area contributed by atoms with Gasteiger partial charge in [-0.15, -0.1) is 0 Å². The fourth-order valence-electron chi connectivity index (χ4n) is 2.08. The predicted molar refractivity (Wildman–Crippen MR) is 82.0 cm³/mol. The minimum Gasteiger partial charge on any atom is -0.490 e. The molecule has 1 aromatic carbocycles. The van der Waals surface area contributed by atoms with Crippen molar-refractivity contribution in [3.8, 4) is 17.2 Å². The Balaban J connectivity index is 3.21. The van der Waals surface area contributed by atoms with Gasteiger partial charge in [0, 0.05) is 6.04 Å². The molecule has 0 aliphatic carbocycles. The zero-order chi connectivity index (χ0) is 15.0. The monoisotopic (exact) mass is 281 g/mol. The molecule has 114 valence electrons. The number of rotatable bonds is 9. The molecule has 4 nitrogen and oxygen atoms in total. The van der Waals surface area contributed by atoms with Crippen LogP contribution in [-0.4, -0.2) is 26.4 Å². The van der Waals surface area contributed by atoms with E-state index in [9.17, 15) is 0 Å². The second-order valence-corrected chi connectivity index (χ2v) is 4.42. The van der Waals surface area contributed by atoms with Gasteiger partial charge < -0.3 is 19.5 Å². The summed E-state index contributed by atoms with van der Waals surface area (Å²) >= 11 is 0. The van der Waals surface area contributed by atoms with Crippen LogP contribution in [0.1, 0.15) is 46.2 Å². The third-order valence-electron chi connectivity index (χ3n) is 2.94. The summed E-state index contributed by atoms with van der Waals surface area (Å²) in [6, 6.07) is 4.31. The zero-order valence-corrected chi connectivity index (χ0v) is 13.3. The standard InChI is InChI=1S/C16H27NO3/c1-6-17-12(5)13-10-14(18-7-2)16(20-9-4)15(11-13)19-8-3/h10-12,17H,6-9H2,1-5H3. The van der Waals surface area contributed by atoms with Gasteiger partial charge in [0.1, 0.15) is 0 Å². The molecule has 1 rings (SSSR count). The van der Waals surface area contributed by atoms with Crippen LogP contribution >= 0.6 is 0 Å². The topological polar surface area (TPSA) is 39.7 Å². The molecular weight excluding hydrogens is 254 g/mol. The van der Waals surface area contributed by atoms with Crippen LogP contribution in [0.25, 0.3) is 0 Å². The molecule has 0 radical (unpaired) electrons. The summed E-state index contributed by atoms with van der Waals surface area (Å²) in [5, 5.41) is 3.40. The van der Waals surface area contributed by atoms with Crippen molar-refractivity contribution in [2.24, 2.45) is 0 Å². The van der Waals surface area contributed by atoms with E-state index in [1.165, 1.54) is 0 Å². The van der Waals surface area contributed by atoms with Gasteiger partial charge in [-0.1, -0.05) is 6.92 Å². The van der Waals surface area contributed by atoms with Crippen molar-refractivity contribution < 1.29 is 14.2 Å². The number of nitrogens with one attached hydrogen (secondary N) is 1. The van der Waals surface area contributed by atoms with E-state index in [-0.39, 0.29) is 6.04 Å². The molecule has 0 heterocycles. The van der Waals surface area contributed by atoms with E-state index in [1.54, 1.807) is 0 Å². The molecule has 1 N–H and O–H groups in total. The summed E-state index contributed by atoms with van der Waals surface area (Å²) in [6.45, 7) is 12.8. The lowest BCUT2D eigenvalue weighted by Gasteiger charge is -2.20. The van der Waals surface area contributed by atoms with Gasteiger partial charge in [0.15, 0.2) is 11.5 Å². The Morgan fingerprint density at radius 2 is 1.40 bits per heavy atom. The SMILES string of the molecule is CCNC(C)c1cc(OCC)c(OCC)c(OCC)c1. The zero-order valence-electron chi connectivity index (χ0n) is 13.3. The second kappa shape index (κ2) is 8.69. The number of ether oxygens (including phenoxy) is 3. The van der Waals surface area contributed by atoms with E-state index in [0.717, 1.165) is 23.6 Å². The van der Waals surface area contributed by atoms with Crippen LogP contribution in [0.2, 0.25) is 0 Å². The molecule has 20 heavy (non-hydrogen) atoms. The van der Waals surface area contributed by atoms with Crippen molar-refractivity contribution in [1.29, 1.82) is 0 Å². The maximum Gasteiger partial charge on any atom is 0.203 e. The van der Waals surface area contributed by atoms with E-state index < -0.39 is 0 Å². The summed E-state index contributed by atoms with van der Waals surface area (Å²) < 4.78 is 17.1. The molecule has 1 unspecified atom stereocenters. The third-order valence-corrected chi connectivity index (χ3v) is 2.94. The largest absolute Gasteiger partial charge is 0.490 e. The van der Waals surface area contributed by atoms with Crippen molar-refractivity contribution in [2.45, 2.75) is 40.7 Å². The van der Waals surface area contributed by atoms with E-state index >= 15 is 0 Å². The molecule has 0 amide bonds. The van der Waals surface area contributed by atoms with Crippen molar-refractivity contribution in [1.82, 2.24) is 5.32 Å². The van der Waals surface area contributed by atoms with Crippen LogP contribution in [-0.2, 0) is 0 Å². The molecule has 0 saturated heterocycles. The van der Waals surface area contributed by atoms with Crippen LogP contribution < -0.4 is 19.5 Å². The fourth-order valence-corrected chi connectivity index (χ4v) is 2.08. The van der Waals surface area contributed by atoms with Crippen LogP contribution in [0.4, 0.5) is 0 Å². The Morgan fingerprint density at radius 1 is 0.900 bits per heavy atom. The highest BCUT2D eigenvalue weighted by atomic mass is 16.5. The third kappa shape index (κ3) is 4.30. The highest BCUT2D eigenvalue weighted by Gasteiger charge is 2.17. The van der Waals surface area contributed by atoms with E-state index in [1.807, 2.05) is 32.9 Å². The normalized spacial score (nSPS) is 12.1. The Hall–Kier alpha value is -1.42. The van der Waals surface area contributed by atoms with Gasteiger partial charge in [0.05, 0.1) is 19.8 Å². The maximum absolute atomic E-state index is 5.71. The highest BCUT2D eigenvalue weighted by molar-refractivity contribution is 5.54. The summed E-state index contributed by atoms with van der Waals surface area (Å²) in [6.07, 6.45) is 0. The molecule has 4 heteroatoms. The summed E-state index contributed by atoms with van der Waals surface area (Å²) in [4.78, 5) is 0. The van der Waals surface area contributed by atoms with Crippen LogP contribution in [0.3, 0.4) is 0 Å². The summed E-state index contributed by atoms with van der Waals surface area (Å²) in [5.41, 5.74) is 1.14. The minimum atomic E-state index is 0.245. The first kappa shape index (κ1) is 16.6. The molecule has 0 bridgehead atoms. The molecule has 0 aliphatic heterocycles. The second-order valence-electron chi connectivity index (χ2n) is 4.42. The molecule has 1 aromatic rings. The molecule has 1 atom stereocenters. The van der Waals surface area contributed by atoms with Crippen molar-refractivity contribution in [3.05, 3.63) is 17.7 Å². The van der Waals surface area contributed by atoms with Crippen molar-refractivity contribution >= 4 is 0 Å². The maximum atomic E-state index is 5.71.